The van der Waals surface area contributed by atoms with Crippen molar-refractivity contribution in [2.24, 2.45) is 0 Å². The van der Waals surface area contributed by atoms with Gasteiger partial charge in [-0.1, -0.05) is 6.92 Å². The Morgan fingerprint density at radius 3 is 2.77 bits per heavy atom. The molecule has 2 aliphatic heterocycles. The van der Waals surface area contributed by atoms with E-state index in [4.69, 9.17) is 5.10 Å². The smallest absolute Gasteiger partial charge is 0.257 e. The van der Waals surface area contributed by atoms with Crippen LogP contribution in [0.1, 0.15) is 39.2 Å². The van der Waals surface area contributed by atoms with Crippen LogP contribution >= 0.6 is 0 Å². The number of alkyl halides is 1. The summed E-state index contributed by atoms with van der Waals surface area (Å²) >= 11 is 0. The Labute approximate surface area is 201 Å². The Hall–Kier alpha value is -3.38. The minimum Gasteiger partial charge on any atom is -0.390 e. The topological polar surface area (TPSA) is 133 Å². The van der Waals surface area contributed by atoms with Gasteiger partial charge < -0.3 is 20.4 Å². The fourth-order valence-corrected chi connectivity index (χ4v) is 4.44. The number of hydrogen-bond donors (Lipinski definition) is 3. The fraction of sp³-hybridized carbons (Fsp3) is 0.522. The van der Waals surface area contributed by atoms with Crippen molar-refractivity contribution in [2.75, 3.05) is 34.8 Å². The second-order valence-corrected chi connectivity index (χ2v) is 9.09. The van der Waals surface area contributed by atoms with Crippen LogP contribution in [0.15, 0.2) is 24.5 Å². The number of piperidine rings is 1. The van der Waals surface area contributed by atoms with E-state index in [1.54, 1.807) is 23.4 Å². The number of aliphatic hydroxyl groups is 2. The Morgan fingerprint density at radius 2 is 2.06 bits per heavy atom. The van der Waals surface area contributed by atoms with Crippen molar-refractivity contribution < 1.29 is 19.4 Å². The number of nitrogens with zero attached hydrogens (tertiary/aromatic N) is 7. The van der Waals surface area contributed by atoms with E-state index in [2.05, 4.69) is 34.1 Å². The number of fused-ring (bicyclic) bond motifs is 1. The van der Waals surface area contributed by atoms with Crippen molar-refractivity contribution in [2.45, 2.75) is 57.5 Å². The molecule has 0 aliphatic carbocycles. The number of rotatable bonds is 6. The van der Waals surface area contributed by atoms with E-state index in [1.807, 2.05) is 10.7 Å². The highest BCUT2D eigenvalue weighted by Gasteiger charge is 2.34. The van der Waals surface area contributed by atoms with Gasteiger partial charge in [-0.3, -0.25) is 14.4 Å². The maximum Gasteiger partial charge on any atom is 0.257 e. The van der Waals surface area contributed by atoms with E-state index in [0.29, 0.717) is 49.3 Å². The molecule has 186 valence electrons. The Morgan fingerprint density at radius 1 is 1.23 bits per heavy atom. The zero-order valence-corrected chi connectivity index (χ0v) is 19.7. The molecule has 2 fully saturated rings. The van der Waals surface area contributed by atoms with Gasteiger partial charge in [-0.15, -0.1) is 0 Å². The van der Waals surface area contributed by atoms with Gasteiger partial charge in [0.25, 0.3) is 5.91 Å². The number of halogens is 1. The van der Waals surface area contributed by atoms with Gasteiger partial charge in [-0.2, -0.15) is 10.1 Å². The third-order valence-corrected chi connectivity index (χ3v) is 6.70. The number of aliphatic hydroxyl groups excluding tert-OH is 2. The van der Waals surface area contributed by atoms with E-state index in [9.17, 15) is 19.4 Å². The average molecular weight is 485 g/mol. The fourth-order valence-electron chi connectivity index (χ4n) is 4.44. The molecule has 5 heterocycles. The third-order valence-electron chi connectivity index (χ3n) is 6.70. The number of amides is 1. The average Bonchev–Trinajstić information content (AvgIpc) is 3.39. The Bertz CT molecular complexity index is 1240. The monoisotopic (exact) mass is 484 g/mol. The van der Waals surface area contributed by atoms with E-state index < -0.39 is 18.4 Å². The van der Waals surface area contributed by atoms with Crippen LogP contribution in [0.3, 0.4) is 0 Å². The molecule has 3 aromatic rings. The maximum absolute atomic E-state index is 14.0. The summed E-state index contributed by atoms with van der Waals surface area (Å²) in [7, 11) is 0. The number of anilines is 4. The molecule has 3 aromatic heterocycles. The number of pyridine rings is 1. The number of carbonyl (C=O) groups excluding carboxylic acids is 1. The summed E-state index contributed by atoms with van der Waals surface area (Å²) in [6.45, 7) is 5.02. The highest BCUT2D eigenvalue weighted by molar-refractivity contribution is 6.04. The van der Waals surface area contributed by atoms with Gasteiger partial charge >= 0.3 is 0 Å². The number of nitrogens with one attached hydrogen (secondary N) is 1. The summed E-state index contributed by atoms with van der Waals surface area (Å²) in [6, 6.07) is 3.63. The second-order valence-electron chi connectivity index (χ2n) is 9.09. The lowest BCUT2D eigenvalue weighted by molar-refractivity contribution is -0.124. The quantitative estimate of drug-likeness (QED) is 0.480. The van der Waals surface area contributed by atoms with Crippen molar-refractivity contribution in [1.82, 2.24) is 24.7 Å². The lowest BCUT2D eigenvalue weighted by Gasteiger charge is -2.32. The summed E-state index contributed by atoms with van der Waals surface area (Å²) in [6.07, 6.45) is 1.49. The molecule has 5 rings (SSSR count). The van der Waals surface area contributed by atoms with E-state index in [0.717, 1.165) is 17.3 Å². The van der Waals surface area contributed by atoms with Gasteiger partial charge in [0.2, 0.25) is 5.95 Å². The zero-order chi connectivity index (χ0) is 24.7. The molecule has 0 spiro atoms. The molecule has 2 aliphatic rings. The van der Waals surface area contributed by atoms with Crippen LogP contribution in [-0.4, -0.2) is 78.9 Å². The molecule has 0 radical (unpaired) electrons. The molecule has 3 N–H and O–H groups in total. The first-order valence-corrected chi connectivity index (χ1v) is 11.9. The van der Waals surface area contributed by atoms with Crippen LogP contribution in [0.2, 0.25) is 0 Å². The van der Waals surface area contributed by atoms with Gasteiger partial charge in [0, 0.05) is 44.0 Å². The molecule has 1 amide bonds. The van der Waals surface area contributed by atoms with Crippen molar-refractivity contribution in [1.29, 1.82) is 0 Å². The number of aromatic nitrogens is 5. The highest BCUT2D eigenvalue weighted by atomic mass is 19.1. The van der Waals surface area contributed by atoms with Crippen molar-refractivity contribution in [3.63, 3.8) is 0 Å². The number of hydrogen-bond acceptors (Lipinski definition) is 9. The summed E-state index contributed by atoms with van der Waals surface area (Å²) in [4.78, 5) is 28.9. The van der Waals surface area contributed by atoms with Crippen LogP contribution in [0, 0.1) is 0 Å². The van der Waals surface area contributed by atoms with Crippen molar-refractivity contribution in [3.05, 3.63) is 24.5 Å². The standard InChI is InChI=1S/C23H29FN8O3/c1-3-13(2)32-16-10-20(26-11-14(16)21(29-32)31-9-6-18(34)22(31)35)27-19-4-7-25-23(28-19)30-8-5-17(33)15(24)12-30/h4,7,10-11,13,15,17-18,33-34H,3,5-6,8-9,12H2,1-2H3,(H,25,26,27,28). The summed E-state index contributed by atoms with van der Waals surface area (Å²) in [5.74, 6) is 1.55. The molecule has 4 unspecified atom stereocenters. The van der Waals surface area contributed by atoms with Crippen molar-refractivity contribution in [3.8, 4) is 0 Å². The predicted molar refractivity (Wildman–Crippen MR) is 129 cm³/mol. The van der Waals surface area contributed by atoms with Crippen molar-refractivity contribution >= 4 is 40.2 Å². The molecule has 0 saturated carbocycles. The lowest BCUT2D eigenvalue weighted by Crippen LogP contribution is -2.45. The summed E-state index contributed by atoms with van der Waals surface area (Å²) in [5, 5.41) is 28.2. The van der Waals surface area contributed by atoms with Gasteiger partial charge in [0.15, 0.2) is 5.82 Å². The summed E-state index contributed by atoms with van der Waals surface area (Å²) < 4.78 is 15.9. The first-order chi connectivity index (χ1) is 16.9. The predicted octanol–water partition coefficient (Wildman–Crippen LogP) is 1.94. The minimum atomic E-state index is -1.34. The molecule has 11 nitrogen and oxygen atoms in total. The molecule has 35 heavy (non-hydrogen) atoms. The van der Waals surface area contributed by atoms with Crippen LogP contribution in [0.4, 0.5) is 27.8 Å². The first kappa shape index (κ1) is 23.4. The van der Waals surface area contributed by atoms with Gasteiger partial charge in [0.05, 0.1) is 23.6 Å². The lowest BCUT2D eigenvalue weighted by atomic mass is 10.1. The van der Waals surface area contributed by atoms with Crippen LogP contribution in [-0.2, 0) is 4.79 Å². The van der Waals surface area contributed by atoms with Gasteiger partial charge in [-0.05, 0) is 25.8 Å². The SMILES string of the molecule is CCC(C)n1nc(N2CCC(O)C2=O)c2cnc(Nc3ccnc(N4CCC(O)C(F)C4)n3)cc21. The van der Waals surface area contributed by atoms with Crippen LogP contribution in [0.5, 0.6) is 0 Å². The normalized spacial score (nSPS) is 23.8. The second kappa shape index (κ2) is 9.34. The molecule has 0 aromatic carbocycles. The first-order valence-electron chi connectivity index (χ1n) is 11.9. The highest BCUT2D eigenvalue weighted by Crippen LogP contribution is 2.33. The maximum atomic E-state index is 14.0. The van der Waals surface area contributed by atoms with E-state index >= 15 is 0 Å². The van der Waals surface area contributed by atoms with Crippen LogP contribution < -0.4 is 15.1 Å². The molecule has 2 saturated heterocycles. The summed E-state index contributed by atoms with van der Waals surface area (Å²) in [5.41, 5.74) is 0.806. The largest absolute Gasteiger partial charge is 0.390 e. The number of carbonyl (C=O) groups is 1. The molecule has 4 atom stereocenters. The molecular weight excluding hydrogens is 455 g/mol. The van der Waals surface area contributed by atoms with Gasteiger partial charge in [-0.25, -0.2) is 14.4 Å². The molecule has 12 heteroatoms. The van der Waals surface area contributed by atoms with Crippen LogP contribution in [0.25, 0.3) is 10.9 Å². The van der Waals surface area contributed by atoms with Gasteiger partial charge in [0.1, 0.15) is 23.9 Å². The van der Waals surface area contributed by atoms with E-state index in [-0.39, 0.29) is 18.5 Å². The molecule has 0 bridgehead atoms. The Balaban J connectivity index is 1.44. The zero-order valence-electron chi connectivity index (χ0n) is 19.7. The Kier molecular flexibility index (Phi) is 6.24. The third kappa shape index (κ3) is 4.39. The minimum absolute atomic E-state index is 0.0373. The molecular formula is C23H29FN8O3. The van der Waals surface area contributed by atoms with E-state index in [1.165, 1.54) is 4.90 Å².